The van der Waals surface area contributed by atoms with Gasteiger partial charge in [-0.05, 0) is 23.8 Å². The quantitative estimate of drug-likeness (QED) is 0.629. The Kier molecular flexibility index (Phi) is 3.03. The molecule has 0 saturated carbocycles. The molecular formula is C10H8IN3. The summed E-state index contributed by atoms with van der Waals surface area (Å²) >= 11 is 2.11. The number of halogens is 1. The van der Waals surface area contributed by atoms with Crippen molar-refractivity contribution in [2.75, 3.05) is 0 Å². The third kappa shape index (κ3) is 2.47. The molecule has 14 heavy (non-hydrogen) atoms. The predicted octanol–water partition coefficient (Wildman–Crippen LogP) is 2.07. The van der Waals surface area contributed by atoms with Gasteiger partial charge in [-0.2, -0.15) is 0 Å². The van der Waals surface area contributed by atoms with Gasteiger partial charge in [0.25, 0.3) is 0 Å². The Balaban J connectivity index is 2.19. The van der Waals surface area contributed by atoms with Gasteiger partial charge in [0.05, 0.1) is 0 Å². The lowest BCUT2D eigenvalue weighted by Crippen LogP contribution is -1.95. The summed E-state index contributed by atoms with van der Waals surface area (Å²) in [6.45, 7) is 0. The fourth-order valence-corrected chi connectivity index (χ4v) is 1.65. The van der Waals surface area contributed by atoms with Crippen molar-refractivity contribution in [3.8, 4) is 0 Å². The molecule has 4 heteroatoms. The average molecular weight is 297 g/mol. The third-order valence-corrected chi connectivity index (χ3v) is 2.34. The number of rotatable bonds is 2. The van der Waals surface area contributed by atoms with Crippen molar-refractivity contribution in [3.63, 3.8) is 0 Å². The minimum Gasteiger partial charge on any atom is -0.265 e. The van der Waals surface area contributed by atoms with Gasteiger partial charge in [-0.1, -0.05) is 0 Å². The lowest BCUT2D eigenvalue weighted by atomic mass is 10.1. The van der Waals surface area contributed by atoms with Crippen LogP contribution in [0.1, 0.15) is 11.3 Å². The minimum absolute atomic E-state index is 0.786. The molecule has 70 valence electrons. The Hall–Kier alpha value is -1.04. The van der Waals surface area contributed by atoms with Crippen LogP contribution in [-0.2, 0) is 6.42 Å². The fraction of sp³-hybridized carbons (Fsp3) is 0.100. The first kappa shape index (κ1) is 9.51. The average Bonchev–Trinajstić information content (AvgIpc) is 2.19. The summed E-state index contributed by atoms with van der Waals surface area (Å²) in [4.78, 5) is 12.3. The van der Waals surface area contributed by atoms with Crippen molar-refractivity contribution in [2.24, 2.45) is 0 Å². The van der Waals surface area contributed by atoms with Crippen LogP contribution >= 0.6 is 22.6 Å². The molecule has 0 aliphatic rings. The van der Waals surface area contributed by atoms with Crippen molar-refractivity contribution in [3.05, 3.63) is 51.9 Å². The Morgan fingerprint density at radius 2 is 1.86 bits per heavy atom. The van der Waals surface area contributed by atoms with Crippen molar-refractivity contribution in [1.82, 2.24) is 15.0 Å². The van der Waals surface area contributed by atoms with Crippen LogP contribution in [0.25, 0.3) is 0 Å². The van der Waals surface area contributed by atoms with E-state index < -0.39 is 0 Å². The van der Waals surface area contributed by atoms with Crippen LogP contribution in [0.5, 0.6) is 0 Å². The Morgan fingerprint density at radius 3 is 2.57 bits per heavy atom. The van der Waals surface area contributed by atoms with Gasteiger partial charge < -0.3 is 0 Å². The van der Waals surface area contributed by atoms with Crippen LogP contribution < -0.4 is 0 Å². The largest absolute Gasteiger partial charge is 0.265 e. The number of nitrogens with zero attached hydrogens (tertiary/aromatic N) is 3. The second-order valence-corrected chi connectivity index (χ2v) is 3.81. The molecule has 0 aromatic carbocycles. The van der Waals surface area contributed by atoms with Gasteiger partial charge in [0, 0.05) is 53.3 Å². The van der Waals surface area contributed by atoms with Crippen LogP contribution in [0.3, 0.4) is 0 Å². The zero-order valence-electron chi connectivity index (χ0n) is 7.39. The molecule has 0 N–H and O–H groups in total. The molecular weight excluding hydrogens is 289 g/mol. The normalized spacial score (nSPS) is 10.1. The molecule has 2 rings (SSSR count). The molecule has 2 aromatic rings. The first-order valence-electron chi connectivity index (χ1n) is 4.21. The molecule has 0 unspecified atom stereocenters. The van der Waals surface area contributed by atoms with E-state index in [-0.39, 0.29) is 0 Å². The van der Waals surface area contributed by atoms with Gasteiger partial charge in [0.2, 0.25) is 0 Å². The summed E-state index contributed by atoms with van der Waals surface area (Å²) in [5, 5.41) is 0. The van der Waals surface area contributed by atoms with Crippen LogP contribution in [0.4, 0.5) is 0 Å². The number of pyridine rings is 1. The molecule has 0 atom stereocenters. The number of hydrogen-bond acceptors (Lipinski definition) is 3. The molecule has 2 aromatic heterocycles. The van der Waals surface area contributed by atoms with Crippen molar-refractivity contribution in [1.29, 1.82) is 0 Å². The molecule has 2 heterocycles. The van der Waals surface area contributed by atoms with Gasteiger partial charge in [0.15, 0.2) is 3.83 Å². The maximum Gasteiger partial charge on any atom is 0.190 e. The first-order valence-corrected chi connectivity index (χ1v) is 5.29. The molecule has 0 bridgehead atoms. The van der Waals surface area contributed by atoms with E-state index in [4.69, 9.17) is 0 Å². The molecule has 0 fully saturated rings. The van der Waals surface area contributed by atoms with Crippen molar-refractivity contribution in [2.45, 2.75) is 6.42 Å². The predicted molar refractivity (Wildman–Crippen MR) is 61.8 cm³/mol. The van der Waals surface area contributed by atoms with E-state index >= 15 is 0 Å². The highest BCUT2D eigenvalue weighted by Crippen LogP contribution is 2.06. The monoisotopic (exact) mass is 297 g/mol. The molecule has 0 aliphatic carbocycles. The standard InChI is InChI=1S/C10H8IN3/c11-10-13-6-3-9(14-10)7-8-1-4-12-5-2-8/h1-6H,7H2. The van der Waals surface area contributed by atoms with Crippen molar-refractivity contribution >= 4 is 22.6 Å². The summed E-state index contributed by atoms with van der Waals surface area (Å²) in [5.41, 5.74) is 2.25. The minimum atomic E-state index is 0.786. The Labute approximate surface area is 95.8 Å². The van der Waals surface area contributed by atoms with Crippen LogP contribution in [0.15, 0.2) is 36.8 Å². The maximum absolute atomic E-state index is 4.32. The maximum atomic E-state index is 4.32. The van der Waals surface area contributed by atoms with E-state index in [1.54, 1.807) is 18.6 Å². The first-order chi connectivity index (χ1) is 6.84. The van der Waals surface area contributed by atoms with E-state index in [1.807, 2.05) is 18.2 Å². The third-order valence-electron chi connectivity index (χ3n) is 1.82. The van der Waals surface area contributed by atoms with Crippen LogP contribution in [-0.4, -0.2) is 15.0 Å². The van der Waals surface area contributed by atoms with Crippen LogP contribution in [0.2, 0.25) is 0 Å². The van der Waals surface area contributed by atoms with E-state index in [9.17, 15) is 0 Å². The van der Waals surface area contributed by atoms with E-state index in [0.29, 0.717) is 0 Å². The molecule has 3 nitrogen and oxygen atoms in total. The van der Waals surface area contributed by atoms with E-state index in [1.165, 1.54) is 5.56 Å². The molecule has 0 amide bonds. The highest BCUT2D eigenvalue weighted by Gasteiger charge is 1.97. The van der Waals surface area contributed by atoms with Gasteiger partial charge in [-0.25, -0.2) is 9.97 Å². The lowest BCUT2D eigenvalue weighted by molar-refractivity contribution is 0.991. The Bertz CT molecular complexity index is 417. The molecule has 0 radical (unpaired) electrons. The highest BCUT2D eigenvalue weighted by molar-refractivity contribution is 14.1. The summed E-state index contributed by atoms with van der Waals surface area (Å²) in [5.74, 6) is 0. The van der Waals surface area contributed by atoms with Gasteiger partial charge in [-0.15, -0.1) is 0 Å². The number of aromatic nitrogens is 3. The smallest absolute Gasteiger partial charge is 0.190 e. The topological polar surface area (TPSA) is 38.7 Å². The Morgan fingerprint density at radius 1 is 1.07 bits per heavy atom. The SMILES string of the molecule is Ic1nccc(Cc2ccncc2)n1. The highest BCUT2D eigenvalue weighted by atomic mass is 127. The summed E-state index contributed by atoms with van der Waals surface area (Å²) in [6.07, 6.45) is 6.20. The second kappa shape index (κ2) is 4.45. The van der Waals surface area contributed by atoms with Crippen molar-refractivity contribution < 1.29 is 0 Å². The van der Waals surface area contributed by atoms with Gasteiger partial charge in [-0.3, -0.25) is 4.98 Å². The zero-order chi connectivity index (χ0) is 9.80. The molecule has 0 spiro atoms. The number of hydrogen-bond donors (Lipinski definition) is 0. The van der Waals surface area contributed by atoms with Crippen LogP contribution in [0, 0.1) is 3.83 Å². The van der Waals surface area contributed by atoms with E-state index in [0.717, 1.165) is 15.9 Å². The summed E-state index contributed by atoms with van der Waals surface area (Å²) in [7, 11) is 0. The lowest BCUT2D eigenvalue weighted by Gasteiger charge is -1.99. The molecule has 0 aliphatic heterocycles. The van der Waals surface area contributed by atoms with E-state index in [2.05, 4.69) is 37.5 Å². The fourth-order valence-electron chi connectivity index (χ4n) is 1.18. The zero-order valence-corrected chi connectivity index (χ0v) is 9.55. The molecule has 0 saturated heterocycles. The summed E-state index contributed by atoms with van der Waals surface area (Å²) < 4.78 is 0.786. The van der Waals surface area contributed by atoms with Gasteiger partial charge >= 0.3 is 0 Å². The summed E-state index contributed by atoms with van der Waals surface area (Å²) in [6, 6.07) is 5.92. The second-order valence-electron chi connectivity index (χ2n) is 2.85. The van der Waals surface area contributed by atoms with Gasteiger partial charge in [0.1, 0.15) is 0 Å².